The third-order valence-corrected chi connectivity index (χ3v) is 4.14. The zero-order valence-electron chi connectivity index (χ0n) is 12.7. The number of halogens is 3. The van der Waals surface area contributed by atoms with Gasteiger partial charge >= 0.3 is 6.18 Å². The highest BCUT2D eigenvalue weighted by Crippen LogP contribution is 2.33. The van der Waals surface area contributed by atoms with Crippen molar-refractivity contribution in [1.29, 1.82) is 0 Å². The predicted molar refractivity (Wildman–Crippen MR) is 79.6 cm³/mol. The normalized spacial score (nSPS) is 18.6. The number of hydrogen-bond donors (Lipinski definition) is 2. The van der Waals surface area contributed by atoms with Gasteiger partial charge in [0.2, 0.25) is 5.91 Å². The van der Waals surface area contributed by atoms with Crippen molar-refractivity contribution < 1.29 is 23.1 Å². The summed E-state index contributed by atoms with van der Waals surface area (Å²) < 4.78 is 37.8. The van der Waals surface area contributed by atoms with Crippen molar-refractivity contribution in [3.05, 3.63) is 35.9 Å². The van der Waals surface area contributed by atoms with E-state index in [4.69, 9.17) is 0 Å². The standard InChI is InChI=1S/C16H21F3N2O2/c17-16(18,19)13-6-8-21(9-7-13)10-15(23)20-14(11-22)12-4-2-1-3-5-12/h1-5,13-14,22H,6-11H2,(H,20,23). The molecule has 1 saturated heterocycles. The fourth-order valence-electron chi connectivity index (χ4n) is 2.78. The lowest BCUT2D eigenvalue weighted by Crippen LogP contribution is -2.44. The van der Waals surface area contributed by atoms with Crippen LogP contribution in [-0.4, -0.2) is 48.3 Å². The van der Waals surface area contributed by atoms with Gasteiger partial charge in [0.15, 0.2) is 0 Å². The molecule has 128 valence electrons. The number of likely N-dealkylation sites (tertiary alicyclic amines) is 1. The Kier molecular flexibility index (Phi) is 6.01. The van der Waals surface area contributed by atoms with Crippen LogP contribution in [0.25, 0.3) is 0 Å². The molecule has 0 spiro atoms. The zero-order chi connectivity index (χ0) is 16.9. The highest BCUT2D eigenvalue weighted by Gasteiger charge is 2.41. The lowest BCUT2D eigenvalue weighted by atomic mass is 9.96. The summed E-state index contributed by atoms with van der Waals surface area (Å²) in [5.41, 5.74) is 0.791. The highest BCUT2D eigenvalue weighted by molar-refractivity contribution is 5.78. The van der Waals surface area contributed by atoms with Gasteiger partial charge in [-0.05, 0) is 31.5 Å². The summed E-state index contributed by atoms with van der Waals surface area (Å²) in [5, 5.41) is 12.1. The first kappa shape index (κ1) is 17.7. The molecule has 1 aliphatic heterocycles. The lowest BCUT2D eigenvalue weighted by molar-refractivity contribution is -0.185. The molecule has 4 nitrogen and oxygen atoms in total. The number of carbonyl (C=O) groups excluding carboxylic acids is 1. The van der Waals surface area contributed by atoms with E-state index in [-0.39, 0.29) is 45.0 Å². The van der Waals surface area contributed by atoms with Crippen molar-refractivity contribution in [2.75, 3.05) is 26.2 Å². The molecule has 0 radical (unpaired) electrons. The Balaban J connectivity index is 1.81. The second-order valence-electron chi connectivity index (χ2n) is 5.81. The van der Waals surface area contributed by atoms with Gasteiger partial charge in [-0.1, -0.05) is 30.3 Å². The van der Waals surface area contributed by atoms with Gasteiger partial charge in [-0.2, -0.15) is 13.2 Å². The molecule has 23 heavy (non-hydrogen) atoms. The van der Waals surface area contributed by atoms with Gasteiger partial charge < -0.3 is 10.4 Å². The number of piperidine rings is 1. The van der Waals surface area contributed by atoms with E-state index in [1.54, 1.807) is 17.0 Å². The fourth-order valence-corrected chi connectivity index (χ4v) is 2.78. The second kappa shape index (κ2) is 7.79. The zero-order valence-corrected chi connectivity index (χ0v) is 12.7. The molecule has 2 rings (SSSR count). The minimum Gasteiger partial charge on any atom is -0.394 e. The number of alkyl halides is 3. The first-order chi connectivity index (χ1) is 10.9. The minimum atomic E-state index is -4.15. The van der Waals surface area contributed by atoms with Crippen LogP contribution in [0.1, 0.15) is 24.4 Å². The summed E-state index contributed by atoms with van der Waals surface area (Å²) in [6.45, 7) is 0.333. The van der Waals surface area contributed by atoms with Gasteiger partial charge in [0.1, 0.15) is 0 Å². The number of rotatable bonds is 5. The molecule has 1 unspecified atom stereocenters. The molecule has 1 fully saturated rings. The average Bonchev–Trinajstić information content (AvgIpc) is 2.53. The van der Waals surface area contributed by atoms with Gasteiger partial charge in [0, 0.05) is 0 Å². The number of carbonyl (C=O) groups is 1. The number of amides is 1. The Bertz CT molecular complexity index is 500. The molecule has 1 heterocycles. The van der Waals surface area contributed by atoms with Crippen molar-refractivity contribution in [2.45, 2.75) is 25.1 Å². The van der Waals surface area contributed by atoms with Crippen molar-refractivity contribution in [3.63, 3.8) is 0 Å². The Hall–Kier alpha value is -1.60. The first-order valence-corrected chi connectivity index (χ1v) is 7.64. The van der Waals surface area contributed by atoms with Crippen LogP contribution >= 0.6 is 0 Å². The maximum Gasteiger partial charge on any atom is 0.391 e. The lowest BCUT2D eigenvalue weighted by Gasteiger charge is -2.32. The molecular formula is C16H21F3N2O2. The van der Waals surface area contributed by atoms with E-state index in [0.717, 1.165) is 5.56 Å². The summed E-state index contributed by atoms with van der Waals surface area (Å²) in [5.74, 6) is -1.56. The number of hydrogen-bond acceptors (Lipinski definition) is 3. The SMILES string of the molecule is O=C(CN1CCC(C(F)(F)F)CC1)NC(CO)c1ccccc1. The van der Waals surface area contributed by atoms with Crippen LogP contribution in [0.4, 0.5) is 13.2 Å². The largest absolute Gasteiger partial charge is 0.394 e. The van der Waals surface area contributed by atoms with Crippen molar-refractivity contribution >= 4 is 5.91 Å². The Morgan fingerprint density at radius 2 is 1.87 bits per heavy atom. The number of benzene rings is 1. The summed E-state index contributed by atoms with van der Waals surface area (Å²) in [4.78, 5) is 13.8. The Morgan fingerprint density at radius 1 is 1.26 bits per heavy atom. The highest BCUT2D eigenvalue weighted by atomic mass is 19.4. The van der Waals surface area contributed by atoms with E-state index in [1.807, 2.05) is 18.2 Å². The number of nitrogens with zero attached hydrogens (tertiary/aromatic N) is 1. The quantitative estimate of drug-likeness (QED) is 0.869. The van der Waals surface area contributed by atoms with E-state index >= 15 is 0 Å². The smallest absolute Gasteiger partial charge is 0.391 e. The van der Waals surface area contributed by atoms with E-state index in [1.165, 1.54) is 0 Å². The maximum absolute atomic E-state index is 12.6. The maximum atomic E-state index is 12.6. The molecule has 0 saturated carbocycles. The summed E-state index contributed by atoms with van der Waals surface area (Å²) in [6.07, 6.45) is -4.10. The van der Waals surface area contributed by atoms with Crippen LogP contribution in [0.15, 0.2) is 30.3 Å². The molecule has 7 heteroatoms. The molecule has 1 aromatic rings. The van der Waals surface area contributed by atoms with Gasteiger partial charge in [0.05, 0.1) is 25.1 Å². The third-order valence-electron chi connectivity index (χ3n) is 4.14. The number of nitrogens with one attached hydrogen (secondary N) is 1. The monoisotopic (exact) mass is 330 g/mol. The van der Waals surface area contributed by atoms with E-state index in [0.29, 0.717) is 0 Å². The summed E-state index contributed by atoms with van der Waals surface area (Å²) in [6, 6.07) is 8.56. The Labute approximate surface area is 133 Å². The average molecular weight is 330 g/mol. The van der Waals surface area contributed by atoms with Crippen LogP contribution < -0.4 is 5.32 Å². The second-order valence-corrected chi connectivity index (χ2v) is 5.81. The third kappa shape index (κ3) is 5.21. The van der Waals surface area contributed by atoms with Gasteiger partial charge in [0.25, 0.3) is 0 Å². The first-order valence-electron chi connectivity index (χ1n) is 7.64. The predicted octanol–water partition coefficient (Wildman–Crippen LogP) is 2.11. The minimum absolute atomic E-state index is 0.0267. The summed E-state index contributed by atoms with van der Waals surface area (Å²) >= 11 is 0. The van der Waals surface area contributed by atoms with Gasteiger partial charge in [-0.25, -0.2) is 0 Å². The van der Waals surface area contributed by atoms with Crippen molar-refractivity contribution in [1.82, 2.24) is 10.2 Å². The molecule has 1 amide bonds. The molecule has 1 aliphatic rings. The Morgan fingerprint density at radius 3 is 2.39 bits per heavy atom. The van der Waals surface area contributed by atoms with E-state index < -0.39 is 18.1 Å². The fraction of sp³-hybridized carbons (Fsp3) is 0.562. The van der Waals surface area contributed by atoms with Crippen LogP contribution in [0.5, 0.6) is 0 Å². The topological polar surface area (TPSA) is 52.6 Å². The van der Waals surface area contributed by atoms with Crippen molar-refractivity contribution in [2.24, 2.45) is 5.92 Å². The van der Waals surface area contributed by atoms with Crippen LogP contribution in [0, 0.1) is 5.92 Å². The van der Waals surface area contributed by atoms with Crippen LogP contribution in [-0.2, 0) is 4.79 Å². The molecular weight excluding hydrogens is 309 g/mol. The number of aliphatic hydroxyl groups is 1. The number of aliphatic hydroxyl groups excluding tert-OH is 1. The van der Waals surface area contributed by atoms with Gasteiger partial charge in [-0.3, -0.25) is 9.69 Å². The van der Waals surface area contributed by atoms with Gasteiger partial charge in [-0.15, -0.1) is 0 Å². The summed E-state index contributed by atoms with van der Waals surface area (Å²) in [7, 11) is 0. The molecule has 0 aliphatic carbocycles. The molecule has 2 N–H and O–H groups in total. The molecule has 0 aromatic heterocycles. The molecule has 1 atom stereocenters. The molecule has 1 aromatic carbocycles. The van der Waals surface area contributed by atoms with Crippen LogP contribution in [0.2, 0.25) is 0 Å². The van der Waals surface area contributed by atoms with Crippen LogP contribution in [0.3, 0.4) is 0 Å². The van der Waals surface area contributed by atoms with E-state index in [9.17, 15) is 23.1 Å². The van der Waals surface area contributed by atoms with Crippen molar-refractivity contribution in [3.8, 4) is 0 Å². The van der Waals surface area contributed by atoms with E-state index in [2.05, 4.69) is 5.32 Å². The molecule has 0 bridgehead atoms.